The largest absolute Gasteiger partial charge is 0.507 e. The second-order valence-electron chi connectivity index (χ2n) is 6.26. The summed E-state index contributed by atoms with van der Waals surface area (Å²) in [5.74, 6) is 0.182. The van der Waals surface area contributed by atoms with E-state index >= 15 is 0 Å². The molecule has 3 heterocycles. The van der Waals surface area contributed by atoms with Gasteiger partial charge in [-0.1, -0.05) is 18.2 Å². The van der Waals surface area contributed by atoms with Gasteiger partial charge in [0.25, 0.3) is 5.91 Å². The third-order valence-electron chi connectivity index (χ3n) is 4.61. The third kappa shape index (κ3) is 2.29. The lowest BCUT2D eigenvalue weighted by atomic mass is 10.00. The Morgan fingerprint density at radius 1 is 1.35 bits per heavy atom. The number of phenolic OH excluding ortho intramolecular Hbond substituents is 1. The predicted molar refractivity (Wildman–Crippen MR) is 91.0 cm³/mol. The summed E-state index contributed by atoms with van der Waals surface area (Å²) in [7, 11) is 2.10. The van der Waals surface area contributed by atoms with Gasteiger partial charge in [-0.05, 0) is 31.5 Å². The number of fused-ring (bicyclic) bond motifs is 3. The van der Waals surface area contributed by atoms with Gasteiger partial charge in [-0.25, -0.2) is 0 Å². The molecule has 0 spiro atoms. The Hall–Kier alpha value is -2.05. The van der Waals surface area contributed by atoms with Crippen molar-refractivity contribution in [3.05, 3.63) is 45.3 Å². The molecule has 0 unspecified atom stereocenters. The van der Waals surface area contributed by atoms with Gasteiger partial charge in [0.05, 0.1) is 5.56 Å². The number of rotatable bonds is 1. The minimum atomic E-state index is -0.396. The van der Waals surface area contributed by atoms with Crippen molar-refractivity contribution in [3.8, 4) is 5.75 Å². The first-order valence-corrected chi connectivity index (χ1v) is 8.55. The first-order valence-electron chi connectivity index (χ1n) is 7.73. The Labute approximate surface area is 138 Å². The number of thiophene rings is 1. The summed E-state index contributed by atoms with van der Waals surface area (Å²) >= 11 is 1.66. The molecule has 4 rings (SSSR count). The van der Waals surface area contributed by atoms with Crippen molar-refractivity contribution in [2.24, 2.45) is 0 Å². The zero-order chi connectivity index (χ0) is 16.1. The van der Waals surface area contributed by atoms with Gasteiger partial charge in [0.2, 0.25) is 0 Å². The molecular formula is C17H19N3O2S. The van der Waals surface area contributed by atoms with Crippen molar-refractivity contribution < 1.29 is 9.90 Å². The van der Waals surface area contributed by atoms with Crippen LogP contribution < -0.4 is 10.6 Å². The number of nitrogens with one attached hydrogen (secondary N) is 2. The van der Waals surface area contributed by atoms with E-state index < -0.39 is 6.17 Å². The van der Waals surface area contributed by atoms with Crippen molar-refractivity contribution in [1.29, 1.82) is 0 Å². The van der Waals surface area contributed by atoms with Crippen LogP contribution in [-0.4, -0.2) is 29.5 Å². The van der Waals surface area contributed by atoms with E-state index in [4.69, 9.17) is 0 Å². The van der Waals surface area contributed by atoms with Gasteiger partial charge >= 0.3 is 0 Å². The van der Waals surface area contributed by atoms with Gasteiger partial charge in [0.1, 0.15) is 16.9 Å². The summed E-state index contributed by atoms with van der Waals surface area (Å²) in [6.45, 7) is 3.72. The summed E-state index contributed by atoms with van der Waals surface area (Å²) in [5, 5.41) is 17.6. The molecule has 2 aliphatic heterocycles. The average molecular weight is 329 g/mol. The summed E-state index contributed by atoms with van der Waals surface area (Å²) in [4.78, 5) is 16.2. The molecule has 1 aromatic carbocycles. The number of likely N-dealkylation sites (N-methyl/N-ethyl adjacent to an activating group) is 1. The molecule has 0 radical (unpaired) electrons. The van der Waals surface area contributed by atoms with E-state index in [9.17, 15) is 9.90 Å². The van der Waals surface area contributed by atoms with Crippen LogP contribution in [0.15, 0.2) is 18.2 Å². The Kier molecular flexibility index (Phi) is 3.32. The average Bonchev–Trinajstić information content (AvgIpc) is 2.87. The van der Waals surface area contributed by atoms with E-state index in [1.54, 1.807) is 11.3 Å². The second kappa shape index (κ2) is 5.25. The molecule has 0 saturated carbocycles. The minimum absolute atomic E-state index is 0.0493. The predicted octanol–water partition coefficient (Wildman–Crippen LogP) is 2.60. The van der Waals surface area contributed by atoms with Crippen molar-refractivity contribution in [2.75, 3.05) is 18.9 Å². The highest BCUT2D eigenvalue weighted by Crippen LogP contribution is 2.41. The van der Waals surface area contributed by atoms with Crippen LogP contribution in [0, 0.1) is 6.92 Å². The van der Waals surface area contributed by atoms with Crippen LogP contribution in [0.5, 0.6) is 5.75 Å². The maximum Gasteiger partial charge on any atom is 0.256 e. The lowest BCUT2D eigenvalue weighted by molar-refractivity contribution is 0.0934. The second-order valence-corrected chi connectivity index (χ2v) is 7.36. The molecule has 23 heavy (non-hydrogen) atoms. The molecule has 1 atom stereocenters. The Morgan fingerprint density at radius 3 is 3.00 bits per heavy atom. The maximum absolute atomic E-state index is 12.6. The molecule has 6 heteroatoms. The Balaban J connectivity index is 1.73. The zero-order valence-electron chi connectivity index (χ0n) is 13.1. The number of carbonyl (C=O) groups excluding carboxylic acids is 1. The van der Waals surface area contributed by atoms with Gasteiger partial charge in [0, 0.05) is 23.5 Å². The van der Waals surface area contributed by atoms with Crippen molar-refractivity contribution in [1.82, 2.24) is 10.2 Å². The summed E-state index contributed by atoms with van der Waals surface area (Å²) in [6, 6.07) is 5.59. The van der Waals surface area contributed by atoms with E-state index in [0.29, 0.717) is 5.56 Å². The van der Waals surface area contributed by atoms with E-state index in [1.807, 2.05) is 25.1 Å². The van der Waals surface area contributed by atoms with Crippen molar-refractivity contribution in [3.63, 3.8) is 0 Å². The molecule has 5 nitrogen and oxygen atoms in total. The number of aryl methyl sites for hydroxylation is 1. The smallest absolute Gasteiger partial charge is 0.256 e. The molecule has 3 N–H and O–H groups in total. The fraction of sp³-hybridized carbons (Fsp3) is 0.353. The third-order valence-corrected chi connectivity index (χ3v) is 5.75. The highest BCUT2D eigenvalue weighted by molar-refractivity contribution is 7.16. The highest BCUT2D eigenvalue weighted by Gasteiger charge is 2.33. The quantitative estimate of drug-likeness (QED) is 0.752. The number of aromatic hydroxyl groups is 1. The first kappa shape index (κ1) is 14.5. The van der Waals surface area contributed by atoms with E-state index in [-0.39, 0.29) is 11.7 Å². The van der Waals surface area contributed by atoms with Crippen LogP contribution >= 0.6 is 11.3 Å². The van der Waals surface area contributed by atoms with Crippen LogP contribution in [-0.2, 0) is 13.0 Å². The Morgan fingerprint density at radius 2 is 2.17 bits per heavy atom. The molecule has 0 bridgehead atoms. The van der Waals surface area contributed by atoms with Gasteiger partial charge in [-0.3, -0.25) is 4.79 Å². The first-order chi connectivity index (χ1) is 11.0. The fourth-order valence-electron chi connectivity index (χ4n) is 3.31. The highest BCUT2D eigenvalue weighted by atomic mass is 32.1. The summed E-state index contributed by atoms with van der Waals surface area (Å²) < 4.78 is 0. The SMILES string of the molecule is Cc1cccc([C@@H]2NC(=O)c3c(sc4c3CCN(C)C4)N2)c1O. The number of para-hydroxylation sites is 1. The molecule has 2 aromatic rings. The number of phenols is 1. The molecule has 0 fully saturated rings. The van der Waals surface area contributed by atoms with Crippen LogP contribution in [0.25, 0.3) is 0 Å². The molecule has 1 amide bonds. The molecule has 120 valence electrons. The molecular weight excluding hydrogens is 310 g/mol. The lowest BCUT2D eigenvalue weighted by Crippen LogP contribution is -2.38. The molecule has 1 aromatic heterocycles. The van der Waals surface area contributed by atoms with E-state index in [2.05, 4.69) is 22.6 Å². The van der Waals surface area contributed by atoms with Gasteiger partial charge < -0.3 is 20.6 Å². The molecule has 0 aliphatic carbocycles. The van der Waals surface area contributed by atoms with Crippen LogP contribution in [0.2, 0.25) is 0 Å². The summed E-state index contributed by atoms with van der Waals surface area (Å²) in [6.07, 6.45) is 0.514. The number of hydrogen-bond acceptors (Lipinski definition) is 5. The van der Waals surface area contributed by atoms with Crippen LogP contribution in [0.4, 0.5) is 5.00 Å². The maximum atomic E-state index is 12.6. The lowest BCUT2D eigenvalue weighted by Gasteiger charge is -2.28. The number of carbonyl (C=O) groups is 1. The number of nitrogens with zero attached hydrogens (tertiary/aromatic N) is 1. The zero-order valence-corrected chi connectivity index (χ0v) is 14.0. The van der Waals surface area contributed by atoms with E-state index in [1.165, 1.54) is 10.4 Å². The topological polar surface area (TPSA) is 64.6 Å². The van der Waals surface area contributed by atoms with Gasteiger partial charge in [-0.15, -0.1) is 11.3 Å². The fourth-order valence-corrected chi connectivity index (χ4v) is 4.67. The minimum Gasteiger partial charge on any atom is -0.507 e. The summed E-state index contributed by atoms with van der Waals surface area (Å²) in [5.41, 5.74) is 3.48. The molecule has 2 aliphatic rings. The standard InChI is InChI=1S/C17H19N3O2S/c1-9-4-3-5-11(14(9)21)15-18-16(22)13-10-6-7-20(2)8-12(10)23-17(13)19-15/h3-5,15,19,21H,6-8H2,1-2H3,(H,18,22)/t15-/m1/s1. The van der Waals surface area contributed by atoms with Crippen molar-refractivity contribution in [2.45, 2.75) is 26.1 Å². The normalized spacial score (nSPS) is 20.4. The van der Waals surface area contributed by atoms with Crippen LogP contribution in [0.1, 0.15) is 38.1 Å². The van der Waals surface area contributed by atoms with Crippen LogP contribution in [0.3, 0.4) is 0 Å². The van der Waals surface area contributed by atoms with E-state index in [0.717, 1.165) is 35.6 Å². The number of benzene rings is 1. The number of hydrogen-bond donors (Lipinski definition) is 3. The number of anilines is 1. The molecule has 0 saturated heterocycles. The Bertz CT molecular complexity index is 799. The van der Waals surface area contributed by atoms with Gasteiger partial charge in [-0.2, -0.15) is 0 Å². The number of amides is 1. The van der Waals surface area contributed by atoms with Gasteiger partial charge in [0.15, 0.2) is 0 Å². The van der Waals surface area contributed by atoms with Crippen molar-refractivity contribution >= 4 is 22.2 Å². The monoisotopic (exact) mass is 329 g/mol.